The normalized spacial score (nSPS) is 16.9. The van der Waals surface area contributed by atoms with Crippen molar-refractivity contribution in [1.29, 1.82) is 0 Å². The van der Waals surface area contributed by atoms with Gasteiger partial charge in [-0.3, -0.25) is 14.3 Å². The lowest BCUT2D eigenvalue weighted by molar-refractivity contribution is -0.385. The maximum absolute atomic E-state index is 13.9. The molecule has 0 aliphatic carbocycles. The van der Waals surface area contributed by atoms with E-state index in [2.05, 4.69) is 4.18 Å². The van der Waals surface area contributed by atoms with Crippen LogP contribution in [0.3, 0.4) is 0 Å². The first-order valence-corrected chi connectivity index (χ1v) is 8.21. The Morgan fingerprint density at radius 1 is 1.16 bits per heavy atom. The molecule has 0 aromatic heterocycles. The summed E-state index contributed by atoms with van der Waals surface area (Å²) >= 11 is 0. The predicted molar refractivity (Wildman–Crippen MR) is 74.3 cm³/mol. The fourth-order valence-electron chi connectivity index (χ4n) is 2.37. The number of nitro groups is 1. The SMILES string of the molecule is O=[N+]([O-])c1cc(F)c(N2CCC(OS(=O)(=O)C(F)(F)F)CC2)c(F)c1. The number of halogens is 5. The Labute approximate surface area is 138 Å². The van der Waals surface area contributed by atoms with Crippen LogP contribution < -0.4 is 4.90 Å². The van der Waals surface area contributed by atoms with E-state index in [0.717, 1.165) is 4.90 Å². The van der Waals surface area contributed by atoms with Gasteiger partial charge in [0.1, 0.15) is 5.69 Å². The molecule has 1 saturated heterocycles. The van der Waals surface area contributed by atoms with Crippen molar-refractivity contribution >= 4 is 21.5 Å². The molecule has 0 bridgehead atoms. The third-order valence-electron chi connectivity index (χ3n) is 3.52. The quantitative estimate of drug-likeness (QED) is 0.258. The van der Waals surface area contributed by atoms with E-state index in [1.54, 1.807) is 0 Å². The average molecular weight is 390 g/mol. The first kappa shape index (κ1) is 19.3. The largest absolute Gasteiger partial charge is 0.523 e. The van der Waals surface area contributed by atoms with Gasteiger partial charge in [0.15, 0.2) is 11.6 Å². The Kier molecular flexibility index (Phi) is 5.18. The number of piperidine rings is 1. The van der Waals surface area contributed by atoms with Gasteiger partial charge in [0.05, 0.1) is 23.2 Å². The number of hydrogen-bond acceptors (Lipinski definition) is 6. The molecule has 1 aliphatic heterocycles. The minimum absolute atomic E-state index is 0.191. The van der Waals surface area contributed by atoms with Crippen molar-refractivity contribution in [3.63, 3.8) is 0 Å². The summed E-state index contributed by atoms with van der Waals surface area (Å²) < 4.78 is 90.6. The maximum Gasteiger partial charge on any atom is 0.523 e. The van der Waals surface area contributed by atoms with Crippen molar-refractivity contribution in [2.75, 3.05) is 18.0 Å². The van der Waals surface area contributed by atoms with Gasteiger partial charge in [0.25, 0.3) is 5.69 Å². The first-order valence-electron chi connectivity index (χ1n) is 6.80. The molecule has 1 aromatic rings. The van der Waals surface area contributed by atoms with Crippen LogP contribution in [0.15, 0.2) is 12.1 Å². The number of non-ortho nitro benzene ring substituents is 1. The van der Waals surface area contributed by atoms with Gasteiger partial charge in [-0.2, -0.15) is 21.6 Å². The Balaban J connectivity index is 2.10. The average Bonchev–Trinajstić information content (AvgIpc) is 2.46. The third-order valence-corrected chi connectivity index (χ3v) is 4.61. The van der Waals surface area contributed by atoms with E-state index < -0.39 is 49.7 Å². The highest BCUT2D eigenvalue weighted by Gasteiger charge is 2.48. The number of benzene rings is 1. The zero-order chi connectivity index (χ0) is 19.0. The second-order valence-corrected chi connectivity index (χ2v) is 6.76. The molecule has 1 aliphatic rings. The highest BCUT2D eigenvalue weighted by molar-refractivity contribution is 7.87. The number of rotatable bonds is 4. The lowest BCUT2D eigenvalue weighted by atomic mass is 10.1. The van der Waals surface area contributed by atoms with Crippen LogP contribution in [0.5, 0.6) is 0 Å². The molecule has 0 amide bonds. The molecule has 0 unspecified atom stereocenters. The topological polar surface area (TPSA) is 89.8 Å². The Morgan fingerprint density at radius 2 is 1.64 bits per heavy atom. The Morgan fingerprint density at radius 3 is 2.04 bits per heavy atom. The van der Waals surface area contributed by atoms with Crippen LogP contribution in [-0.4, -0.2) is 38.0 Å². The second kappa shape index (κ2) is 6.71. The number of hydrogen-bond donors (Lipinski definition) is 0. The van der Waals surface area contributed by atoms with Gasteiger partial charge in [0.2, 0.25) is 0 Å². The van der Waals surface area contributed by atoms with E-state index in [4.69, 9.17) is 0 Å². The molecule has 13 heteroatoms. The van der Waals surface area contributed by atoms with Crippen LogP contribution in [0.2, 0.25) is 0 Å². The van der Waals surface area contributed by atoms with E-state index in [1.165, 1.54) is 0 Å². The molecule has 1 heterocycles. The molecule has 0 atom stereocenters. The van der Waals surface area contributed by atoms with Crippen molar-refractivity contribution in [1.82, 2.24) is 0 Å². The van der Waals surface area contributed by atoms with Gasteiger partial charge in [-0.15, -0.1) is 0 Å². The smallest absolute Gasteiger partial charge is 0.367 e. The summed E-state index contributed by atoms with van der Waals surface area (Å²) in [4.78, 5) is 10.7. The molecule has 0 radical (unpaired) electrons. The van der Waals surface area contributed by atoms with Crippen molar-refractivity contribution in [3.05, 3.63) is 33.9 Å². The summed E-state index contributed by atoms with van der Waals surface area (Å²) in [5.41, 5.74) is -6.91. The number of nitro benzene ring substituents is 1. The lowest BCUT2D eigenvalue weighted by Crippen LogP contribution is -2.40. The van der Waals surface area contributed by atoms with Crippen molar-refractivity contribution in [2.45, 2.75) is 24.5 Å². The molecule has 0 spiro atoms. The van der Waals surface area contributed by atoms with Crippen molar-refractivity contribution < 1.29 is 39.5 Å². The Bertz CT molecular complexity index is 752. The van der Waals surface area contributed by atoms with Gasteiger partial charge < -0.3 is 4.90 Å². The van der Waals surface area contributed by atoms with E-state index in [0.29, 0.717) is 12.1 Å². The fraction of sp³-hybridized carbons (Fsp3) is 0.500. The van der Waals surface area contributed by atoms with Gasteiger partial charge in [-0.25, -0.2) is 8.78 Å². The van der Waals surface area contributed by atoms with E-state index in [9.17, 15) is 40.5 Å². The fourth-order valence-corrected chi connectivity index (χ4v) is 3.03. The van der Waals surface area contributed by atoms with Gasteiger partial charge in [-0.05, 0) is 12.8 Å². The van der Waals surface area contributed by atoms with E-state index >= 15 is 0 Å². The second-order valence-electron chi connectivity index (χ2n) is 5.20. The highest BCUT2D eigenvalue weighted by Crippen LogP contribution is 2.32. The Hall–Kier alpha value is -2.02. The van der Waals surface area contributed by atoms with E-state index in [1.807, 2.05) is 0 Å². The van der Waals surface area contributed by atoms with Crippen LogP contribution in [0, 0.1) is 21.7 Å². The molecular formula is C12H11F5N2O5S. The monoisotopic (exact) mass is 390 g/mol. The number of nitrogens with zero attached hydrogens (tertiary/aromatic N) is 2. The molecule has 25 heavy (non-hydrogen) atoms. The summed E-state index contributed by atoms with van der Waals surface area (Å²) in [6, 6.07) is 1.05. The summed E-state index contributed by atoms with van der Waals surface area (Å²) in [6.07, 6.45) is -1.75. The highest BCUT2D eigenvalue weighted by atomic mass is 32.2. The molecule has 140 valence electrons. The zero-order valence-corrected chi connectivity index (χ0v) is 13.1. The van der Waals surface area contributed by atoms with Gasteiger partial charge >= 0.3 is 15.6 Å². The molecule has 2 rings (SSSR count). The zero-order valence-electron chi connectivity index (χ0n) is 12.3. The minimum atomic E-state index is -5.75. The molecular weight excluding hydrogens is 379 g/mol. The third kappa shape index (κ3) is 4.15. The standard InChI is InChI=1S/C12H11F5N2O5S/c13-9-5-7(19(20)21)6-10(14)11(9)18-3-1-8(2-4-18)24-25(22,23)12(15,16)17/h5-6,8H,1-4H2. The lowest BCUT2D eigenvalue weighted by Gasteiger charge is -2.33. The molecule has 0 saturated carbocycles. The minimum Gasteiger partial charge on any atom is -0.367 e. The predicted octanol–water partition coefficient (Wildman–Crippen LogP) is 2.71. The van der Waals surface area contributed by atoms with Crippen molar-refractivity contribution in [2.24, 2.45) is 0 Å². The molecule has 1 aromatic carbocycles. The first-order chi connectivity index (χ1) is 11.4. The van der Waals surface area contributed by atoms with E-state index in [-0.39, 0.29) is 25.9 Å². The van der Waals surface area contributed by atoms with Gasteiger partial charge in [-0.1, -0.05) is 0 Å². The van der Waals surface area contributed by atoms with Crippen LogP contribution in [0.25, 0.3) is 0 Å². The summed E-state index contributed by atoms with van der Waals surface area (Å²) in [7, 11) is -5.75. The van der Waals surface area contributed by atoms with Crippen LogP contribution in [0.4, 0.5) is 33.3 Å². The van der Waals surface area contributed by atoms with Crippen LogP contribution >= 0.6 is 0 Å². The van der Waals surface area contributed by atoms with Crippen molar-refractivity contribution in [3.8, 4) is 0 Å². The summed E-state index contributed by atoms with van der Waals surface area (Å²) in [5, 5.41) is 10.5. The molecule has 1 fully saturated rings. The van der Waals surface area contributed by atoms with Gasteiger partial charge in [0, 0.05) is 13.1 Å². The number of anilines is 1. The maximum atomic E-state index is 13.9. The summed E-state index contributed by atoms with van der Waals surface area (Å²) in [5.74, 6) is -2.40. The molecule has 7 nitrogen and oxygen atoms in total. The van der Waals surface area contributed by atoms with Crippen LogP contribution in [-0.2, 0) is 14.3 Å². The van der Waals surface area contributed by atoms with Crippen LogP contribution in [0.1, 0.15) is 12.8 Å². The molecule has 0 N–H and O–H groups in total. The summed E-state index contributed by atoms with van der Waals surface area (Å²) in [6.45, 7) is -0.382. The number of alkyl halides is 3.